The lowest BCUT2D eigenvalue weighted by Crippen LogP contribution is -2.23. The maximum absolute atomic E-state index is 13.0. The van der Waals surface area contributed by atoms with E-state index < -0.39 is 0 Å². The molecule has 5 nitrogen and oxygen atoms in total. The van der Waals surface area contributed by atoms with Crippen molar-refractivity contribution in [3.05, 3.63) is 67.1 Å². The number of fused-ring (bicyclic) bond motifs is 1. The van der Waals surface area contributed by atoms with E-state index in [1.54, 1.807) is 24.3 Å². The Bertz CT molecular complexity index is 1060. The molecule has 0 saturated heterocycles. The number of benzene rings is 2. The van der Waals surface area contributed by atoms with Gasteiger partial charge in [0.1, 0.15) is 11.6 Å². The Kier molecular flexibility index (Phi) is 5.58. The number of phenolic OH excluding ortho intramolecular Hbond substituents is 1. The molecule has 0 aliphatic rings. The first-order valence-electron chi connectivity index (χ1n) is 8.15. The Morgan fingerprint density at radius 1 is 1.23 bits per heavy atom. The van der Waals surface area contributed by atoms with Crippen molar-refractivity contribution in [2.75, 3.05) is 0 Å². The second-order valence-corrected chi connectivity index (χ2v) is 7.84. The summed E-state index contributed by atoms with van der Waals surface area (Å²) in [6.07, 6.45) is 2.30. The summed E-state index contributed by atoms with van der Waals surface area (Å²) < 4.78 is 2.94. The Labute approximate surface area is 167 Å². The van der Waals surface area contributed by atoms with Gasteiger partial charge in [-0.1, -0.05) is 45.7 Å². The monoisotopic (exact) mass is 477 g/mol. The van der Waals surface area contributed by atoms with Crippen molar-refractivity contribution in [1.82, 2.24) is 9.66 Å². The minimum absolute atomic E-state index is 0.0593. The van der Waals surface area contributed by atoms with Crippen molar-refractivity contribution in [2.45, 2.75) is 26.2 Å². The third-order valence-electron chi connectivity index (χ3n) is 4.19. The van der Waals surface area contributed by atoms with Crippen LogP contribution in [-0.4, -0.2) is 21.0 Å². The molecular formula is C19H17Br2N3O2. The summed E-state index contributed by atoms with van der Waals surface area (Å²) in [5, 5.41) is 14.8. The van der Waals surface area contributed by atoms with Gasteiger partial charge in [-0.2, -0.15) is 9.78 Å². The van der Waals surface area contributed by atoms with Gasteiger partial charge in [0.25, 0.3) is 5.56 Å². The van der Waals surface area contributed by atoms with Gasteiger partial charge < -0.3 is 5.11 Å². The Morgan fingerprint density at radius 3 is 2.65 bits per heavy atom. The molecule has 0 saturated carbocycles. The van der Waals surface area contributed by atoms with E-state index in [9.17, 15) is 9.90 Å². The van der Waals surface area contributed by atoms with Crippen LogP contribution in [0.2, 0.25) is 0 Å². The number of nitrogens with zero attached hydrogens (tertiary/aromatic N) is 3. The van der Waals surface area contributed by atoms with Crippen LogP contribution >= 0.6 is 31.9 Å². The van der Waals surface area contributed by atoms with E-state index in [0.29, 0.717) is 22.3 Å². The van der Waals surface area contributed by atoms with Crippen molar-refractivity contribution in [3.8, 4) is 5.75 Å². The maximum atomic E-state index is 13.0. The van der Waals surface area contributed by atoms with Crippen LogP contribution in [0.4, 0.5) is 0 Å². The summed E-state index contributed by atoms with van der Waals surface area (Å²) in [6.45, 7) is 4.05. The standard InChI is InChI=1S/C19H17Br2N3O2/c1-3-11(2)18-23-16-6-4-14(21)9-15(16)19(26)24(18)22-10-12-8-13(20)5-7-17(12)25/h4-11,25H,3H2,1-2H3/t11-/m1/s1. The van der Waals surface area contributed by atoms with Gasteiger partial charge in [0, 0.05) is 20.4 Å². The van der Waals surface area contributed by atoms with E-state index in [1.807, 2.05) is 26.0 Å². The predicted molar refractivity (Wildman–Crippen MR) is 111 cm³/mol. The van der Waals surface area contributed by atoms with Crippen LogP contribution in [0.5, 0.6) is 5.75 Å². The summed E-state index contributed by atoms with van der Waals surface area (Å²) in [6, 6.07) is 10.5. The minimum atomic E-state index is -0.239. The summed E-state index contributed by atoms with van der Waals surface area (Å²) in [5.41, 5.74) is 0.915. The van der Waals surface area contributed by atoms with Gasteiger partial charge in [-0.15, -0.1) is 0 Å². The predicted octanol–water partition coefficient (Wildman–Crippen LogP) is 5.02. The SMILES string of the molecule is CC[C@@H](C)c1nc2ccc(Br)cc2c(=O)n1N=Cc1cc(Br)ccc1O. The van der Waals surface area contributed by atoms with Gasteiger partial charge in [-0.05, 0) is 42.8 Å². The quantitative estimate of drug-likeness (QED) is 0.535. The lowest BCUT2D eigenvalue weighted by molar-refractivity contribution is 0.474. The van der Waals surface area contributed by atoms with E-state index in [4.69, 9.17) is 0 Å². The zero-order chi connectivity index (χ0) is 18.8. The highest BCUT2D eigenvalue weighted by atomic mass is 79.9. The summed E-state index contributed by atoms with van der Waals surface area (Å²) >= 11 is 6.76. The molecule has 3 aromatic rings. The van der Waals surface area contributed by atoms with Crippen LogP contribution in [0.3, 0.4) is 0 Å². The minimum Gasteiger partial charge on any atom is -0.507 e. The molecule has 0 radical (unpaired) electrons. The van der Waals surface area contributed by atoms with Crippen molar-refractivity contribution >= 4 is 49.0 Å². The highest BCUT2D eigenvalue weighted by molar-refractivity contribution is 9.10. The molecule has 1 atom stereocenters. The van der Waals surface area contributed by atoms with Crippen LogP contribution in [0.1, 0.15) is 37.6 Å². The van der Waals surface area contributed by atoms with Gasteiger partial charge in [0.05, 0.1) is 17.1 Å². The molecule has 1 heterocycles. The molecule has 3 rings (SSSR count). The normalized spacial score (nSPS) is 12.8. The van der Waals surface area contributed by atoms with E-state index >= 15 is 0 Å². The fourth-order valence-electron chi connectivity index (χ4n) is 2.53. The lowest BCUT2D eigenvalue weighted by atomic mass is 10.1. The molecule has 1 aromatic heterocycles. The van der Waals surface area contributed by atoms with Gasteiger partial charge in [-0.3, -0.25) is 4.79 Å². The van der Waals surface area contributed by atoms with Crippen molar-refractivity contribution in [2.24, 2.45) is 5.10 Å². The number of aromatic nitrogens is 2. The molecule has 7 heteroatoms. The van der Waals surface area contributed by atoms with Gasteiger partial charge in [0.2, 0.25) is 0 Å². The third-order valence-corrected chi connectivity index (χ3v) is 5.17. The average Bonchev–Trinajstić information content (AvgIpc) is 2.63. The first kappa shape index (κ1) is 18.8. The molecule has 0 spiro atoms. The molecule has 0 bridgehead atoms. The van der Waals surface area contributed by atoms with E-state index in [1.165, 1.54) is 10.9 Å². The van der Waals surface area contributed by atoms with Crippen molar-refractivity contribution < 1.29 is 5.11 Å². The molecule has 134 valence electrons. The number of hydrogen-bond acceptors (Lipinski definition) is 4. The number of hydrogen-bond donors (Lipinski definition) is 1. The molecule has 0 unspecified atom stereocenters. The van der Waals surface area contributed by atoms with Crippen molar-refractivity contribution in [3.63, 3.8) is 0 Å². The number of aromatic hydroxyl groups is 1. The molecular weight excluding hydrogens is 462 g/mol. The van der Waals surface area contributed by atoms with E-state index in [-0.39, 0.29) is 17.2 Å². The van der Waals surface area contributed by atoms with Gasteiger partial charge in [-0.25, -0.2) is 4.98 Å². The van der Waals surface area contributed by atoms with Gasteiger partial charge >= 0.3 is 0 Å². The topological polar surface area (TPSA) is 67.5 Å². The zero-order valence-electron chi connectivity index (χ0n) is 14.3. The molecule has 2 aromatic carbocycles. The largest absolute Gasteiger partial charge is 0.507 e. The molecule has 1 N–H and O–H groups in total. The maximum Gasteiger partial charge on any atom is 0.282 e. The number of phenols is 1. The van der Waals surface area contributed by atoms with Crippen molar-refractivity contribution in [1.29, 1.82) is 0 Å². The lowest BCUT2D eigenvalue weighted by Gasteiger charge is -2.14. The summed E-state index contributed by atoms with van der Waals surface area (Å²) in [7, 11) is 0. The highest BCUT2D eigenvalue weighted by Crippen LogP contribution is 2.22. The molecule has 0 amide bonds. The van der Waals surface area contributed by atoms with Crippen LogP contribution in [0.15, 0.2) is 55.2 Å². The molecule has 0 aliphatic carbocycles. The summed E-state index contributed by atoms with van der Waals surface area (Å²) in [4.78, 5) is 17.7. The molecule has 0 fully saturated rings. The third kappa shape index (κ3) is 3.73. The fourth-order valence-corrected chi connectivity index (χ4v) is 3.27. The first-order chi connectivity index (χ1) is 12.4. The Morgan fingerprint density at radius 2 is 1.92 bits per heavy atom. The second-order valence-electron chi connectivity index (χ2n) is 6.01. The first-order valence-corrected chi connectivity index (χ1v) is 9.74. The molecule has 0 aliphatic heterocycles. The van der Waals surface area contributed by atoms with E-state index in [2.05, 4.69) is 41.9 Å². The highest BCUT2D eigenvalue weighted by Gasteiger charge is 2.15. The number of rotatable bonds is 4. The van der Waals surface area contributed by atoms with Gasteiger partial charge in [0.15, 0.2) is 0 Å². The van der Waals surface area contributed by atoms with E-state index in [0.717, 1.165) is 15.4 Å². The van der Waals surface area contributed by atoms with Crippen LogP contribution in [-0.2, 0) is 0 Å². The summed E-state index contributed by atoms with van der Waals surface area (Å²) in [5.74, 6) is 0.744. The average molecular weight is 479 g/mol. The van der Waals surface area contributed by atoms with Crippen LogP contribution in [0.25, 0.3) is 10.9 Å². The molecule has 26 heavy (non-hydrogen) atoms. The van der Waals surface area contributed by atoms with Crippen LogP contribution in [0, 0.1) is 0 Å². The fraction of sp³-hybridized carbons (Fsp3) is 0.211. The number of halogens is 2. The smallest absolute Gasteiger partial charge is 0.282 e. The van der Waals surface area contributed by atoms with Crippen LogP contribution < -0.4 is 5.56 Å². The Hall–Kier alpha value is -1.99. The Balaban J connectivity index is 2.22. The second kappa shape index (κ2) is 7.72. The zero-order valence-corrected chi connectivity index (χ0v) is 17.5.